The highest BCUT2D eigenvalue weighted by atomic mass is 16.1. The first kappa shape index (κ1) is 11.6. The van der Waals surface area contributed by atoms with Crippen LogP contribution in [0.15, 0.2) is 35.5 Å². The van der Waals surface area contributed by atoms with Crippen LogP contribution in [-0.4, -0.2) is 11.6 Å². The molecule has 0 aliphatic heterocycles. The minimum absolute atomic E-state index is 0.0324. The molecule has 0 aromatic rings. The van der Waals surface area contributed by atoms with Gasteiger partial charge in [0.1, 0.15) is 0 Å². The first-order chi connectivity index (χ1) is 8.51. The molecule has 2 heteroatoms. The van der Waals surface area contributed by atoms with Gasteiger partial charge < -0.3 is 0 Å². The lowest BCUT2D eigenvalue weighted by atomic mass is 9.56. The molecule has 1 fully saturated rings. The van der Waals surface area contributed by atoms with Crippen LogP contribution in [0.25, 0.3) is 0 Å². The maximum absolute atomic E-state index is 12.0. The summed E-state index contributed by atoms with van der Waals surface area (Å²) in [7, 11) is 0. The Morgan fingerprint density at radius 1 is 1.22 bits per heavy atom. The summed E-state index contributed by atoms with van der Waals surface area (Å²) < 4.78 is 0. The van der Waals surface area contributed by atoms with Gasteiger partial charge in [-0.3, -0.25) is 9.59 Å². The zero-order valence-corrected chi connectivity index (χ0v) is 10.8. The normalized spacial score (nSPS) is 35.6. The van der Waals surface area contributed by atoms with Crippen LogP contribution in [0.2, 0.25) is 0 Å². The average Bonchev–Trinajstić information content (AvgIpc) is 2.33. The van der Waals surface area contributed by atoms with Crippen molar-refractivity contribution in [3.8, 4) is 0 Å². The van der Waals surface area contributed by atoms with E-state index in [-0.39, 0.29) is 17.0 Å². The van der Waals surface area contributed by atoms with Gasteiger partial charge in [0.15, 0.2) is 11.6 Å². The first-order valence-corrected chi connectivity index (χ1v) is 6.68. The van der Waals surface area contributed by atoms with Gasteiger partial charge in [-0.1, -0.05) is 19.1 Å². The van der Waals surface area contributed by atoms with Crippen LogP contribution in [0.5, 0.6) is 0 Å². The molecule has 0 saturated heterocycles. The Morgan fingerprint density at radius 2 is 1.89 bits per heavy atom. The fourth-order valence-electron chi connectivity index (χ4n) is 3.84. The van der Waals surface area contributed by atoms with E-state index in [2.05, 4.69) is 13.5 Å². The zero-order valence-electron chi connectivity index (χ0n) is 10.8. The highest BCUT2D eigenvalue weighted by Crippen LogP contribution is 2.54. The number of carbonyl (C=O) groups excluding carboxylic acids is 2. The van der Waals surface area contributed by atoms with Crippen LogP contribution < -0.4 is 0 Å². The molecule has 18 heavy (non-hydrogen) atoms. The molecule has 3 aliphatic carbocycles. The fraction of sp³-hybridized carbons (Fsp3) is 0.500. The van der Waals surface area contributed by atoms with Crippen molar-refractivity contribution in [1.29, 1.82) is 0 Å². The van der Waals surface area contributed by atoms with E-state index in [1.54, 1.807) is 0 Å². The third-order valence-electron chi connectivity index (χ3n) is 4.91. The Morgan fingerprint density at radius 3 is 2.61 bits per heavy atom. The van der Waals surface area contributed by atoms with Gasteiger partial charge in [-0.15, -0.1) is 0 Å². The van der Waals surface area contributed by atoms with Crippen molar-refractivity contribution in [2.45, 2.75) is 39.0 Å². The zero-order chi connectivity index (χ0) is 12.9. The van der Waals surface area contributed by atoms with Crippen molar-refractivity contribution in [2.24, 2.45) is 11.3 Å². The first-order valence-electron chi connectivity index (χ1n) is 6.68. The molecule has 0 heterocycles. The Kier molecular flexibility index (Phi) is 2.44. The molecular formula is C16H18O2. The van der Waals surface area contributed by atoms with Crippen LogP contribution in [0.3, 0.4) is 0 Å². The fourth-order valence-corrected chi connectivity index (χ4v) is 3.84. The Hall–Kier alpha value is -1.44. The number of hydrogen-bond acceptors (Lipinski definition) is 2. The van der Waals surface area contributed by atoms with E-state index >= 15 is 0 Å². The quantitative estimate of drug-likeness (QED) is 0.483. The van der Waals surface area contributed by atoms with Crippen molar-refractivity contribution in [1.82, 2.24) is 0 Å². The van der Waals surface area contributed by atoms with Crippen LogP contribution >= 0.6 is 0 Å². The van der Waals surface area contributed by atoms with Gasteiger partial charge in [0, 0.05) is 11.1 Å². The van der Waals surface area contributed by atoms with E-state index in [0.29, 0.717) is 5.92 Å². The third-order valence-corrected chi connectivity index (χ3v) is 4.91. The van der Waals surface area contributed by atoms with Gasteiger partial charge in [-0.25, -0.2) is 0 Å². The van der Waals surface area contributed by atoms with Crippen molar-refractivity contribution in [3.05, 3.63) is 35.5 Å². The smallest absolute Gasteiger partial charge is 0.182 e. The Labute approximate surface area is 107 Å². The van der Waals surface area contributed by atoms with Gasteiger partial charge in [0.2, 0.25) is 0 Å². The van der Waals surface area contributed by atoms with E-state index in [4.69, 9.17) is 0 Å². The second kappa shape index (κ2) is 3.78. The third kappa shape index (κ3) is 1.55. The monoisotopic (exact) mass is 242 g/mol. The molecule has 0 aromatic carbocycles. The lowest BCUT2D eigenvalue weighted by molar-refractivity contribution is -0.116. The molecule has 0 spiro atoms. The molecule has 1 saturated carbocycles. The summed E-state index contributed by atoms with van der Waals surface area (Å²) in [5.74, 6) is 0.457. The van der Waals surface area contributed by atoms with E-state index in [1.165, 1.54) is 17.7 Å². The van der Waals surface area contributed by atoms with Crippen molar-refractivity contribution < 1.29 is 9.59 Å². The molecule has 3 rings (SSSR count). The molecule has 94 valence electrons. The summed E-state index contributed by atoms with van der Waals surface area (Å²) in [6, 6.07) is 0. The Balaban J connectivity index is 2.05. The minimum Gasteiger partial charge on any atom is -0.290 e. The van der Waals surface area contributed by atoms with Gasteiger partial charge in [0.05, 0.1) is 0 Å². The summed E-state index contributed by atoms with van der Waals surface area (Å²) in [5, 5.41) is 0. The lowest BCUT2D eigenvalue weighted by Crippen LogP contribution is -2.39. The SMILES string of the molecule is C=C1CCC[C@]2(C)CC3=C(C[C@H]12)C(=O)C=CC3=O. The largest absolute Gasteiger partial charge is 0.290 e. The number of carbonyl (C=O) groups is 2. The molecule has 0 aromatic heterocycles. The second-order valence-electron chi connectivity index (χ2n) is 6.12. The van der Waals surface area contributed by atoms with E-state index in [0.717, 1.165) is 43.3 Å². The maximum Gasteiger partial charge on any atom is 0.182 e. The molecule has 0 bridgehead atoms. The number of rotatable bonds is 0. The number of hydrogen-bond donors (Lipinski definition) is 0. The maximum atomic E-state index is 12.0. The van der Waals surface area contributed by atoms with Crippen LogP contribution in [0, 0.1) is 11.3 Å². The standard InChI is InChI=1S/C16H18O2/c1-10-4-3-7-16(2)9-12-11(8-13(10)16)14(17)5-6-15(12)18/h5-6,13H,1,3-4,7-9H2,2H3/t13-,16-/m1/s1. The Bertz CT molecular complexity index is 521. The average molecular weight is 242 g/mol. The molecule has 0 amide bonds. The summed E-state index contributed by atoms with van der Waals surface area (Å²) in [6.45, 7) is 6.44. The minimum atomic E-state index is 0.0324. The van der Waals surface area contributed by atoms with Crippen LogP contribution in [-0.2, 0) is 9.59 Å². The molecule has 3 aliphatic rings. The van der Waals surface area contributed by atoms with Gasteiger partial charge in [-0.2, -0.15) is 0 Å². The van der Waals surface area contributed by atoms with Crippen LogP contribution in [0.1, 0.15) is 39.0 Å². The van der Waals surface area contributed by atoms with Gasteiger partial charge in [0.25, 0.3) is 0 Å². The second-order valence-corrected chi connectivity index (χ2v) is 6.12. The highest BCUT2D eigenvalue weighted by Gasteiger charge is 2.45. The van der Waals surface area contributed by atoms with E-state index in [9.17, 15) is 9.59 Å². The molecule has 2 atom stereocenters. The molecule has 0 unspecified atom stereocenters. The molecule has 0 radical (unpaired) electrons. The van der Waals surface area contributed by atoms with Crippen molar-refractivity contribution in [3.63, 3.8) is 0 Å². The summed E-state index contributed by atoms with van der Waals surface area (Å²) in [6.07, 6.45) is 7.70. The predicted molar refractivity (Wildman–Crippen MR) is 70.0 cm³/mol. The highest BCUT2D eigenvalue weighted by molar-refractivity contribution is 6.20. The topological polar surface area (TPSA) is 34.1 Å². The van der Waals surface area contributed by atoms with E-state index < -0.39 is 0 Å². The van der Waals surface area contributed by atoms with Crippen molar-refractivity contribution in [2.75, 3.05) is 0 Å². The predicted octanol–water partition coefficient (Wildman–Crippen LogP) is 3.15. The number of fused-ring (bicyclic) bond motifs is 1. The van der Waals surface area contributed by atoms with Gasteiger partial charge >= 0.3 is 0 Å². The summed E-state index contributed by atoms with van der Waals surface area (Å²) in [4.78, 5) is 23.9. The lowest BCUT2D eigenvalue weighted by Gasteiger charge is -2.47. The van der Waals surface area contributed by atoms with E-state index in [1.807, 2.05) is 0 Å². The molecular weight excluding hydrogens is 224 g/mol. The summed E-state index contributed by atoms with van der Waals surface area (Å²) in [5.41, 5.74) is 2.93. The van der Waals surface area contributed by atoms with Crippen molar-refractivity contribution >= 4 is 11.6 Å². The number of allylic oxidation sites excluding steroid dienone is 5. The molecule has 2 nitrogen and oxygen atoms in total. The number of ketones is 2. The summed E-state index contributed by atoms with van der Waals surface area (Å²) >= 11 is 0. The van der Waals surface area contributed by atoms with Gasteiger partial charge in [-0.05, 0) is 55.6 Å². The van der Waals surface area contributed by atoms with Crippen LogP contribution in [0.4, 0.5) is 0 Å². The molecule has 0 N–H and O–H groups in total.